The predicted molar refractivity (Wildman–Crippen MR) is 62.1 cm³/mol. The first-order valence-electron chi connectivity index (χ1n) is 5.67. The average Bonchev–Trinajstić information content (AvgIpc) is 2.86. The molecule has 0 amide bonds. The van der Waals surface area contributed by atoms with E-state index in [0.29, 0.717) is 36.1 Å². The highest BCUT2D eigenvalue weighted by Crippen LogP contribution is 2.33. The molecule has 98 valence electrons. The van der Waals surface area contributed by atoms with E-state index in [9.17, 15) is 4.79 Å². The monoisotopic (exact) mass is 262 g/mol. The Morgan fingerprint density at radius 1 is 1.26 bits per heavy atom. The number of carboxylic acid groups (broad SMARTS) is 1. The maximum Gasteiger partial charge on any atom is 0.312 e. The zero-order valence-corrected chi connectivity index (χ0v) is 9.83. The molecule has 0 spiro atoms. The molecule has 2 aromatic rings. The number of carbonyl (C=O) groups is 1. The van der Waals surface area contributed by atoms with Crippen LogP contribution >= 0.6 is 0 Å². The number of benzene rings is 1. The van der Waals surface area contributed by atoms with Crippen LogP contribution in [-0.2, 0) is 11.2 Å². The fraction of sp³-hybridized carbons (Fsp3) is 0.250. The molecule has 1 aromatic heterocycles. The van der Waals surface area contributed by atoms with Gasteiger partial charge in [0, 0.05) is 5.56 Å². The lowest BCUT2D eigenvalue weighted by Gasteiger charge is -2.18. The van der Waals surface area contributed by atoms with Gasteiger partial charge in [-0.15, -0.1) is 0 Å². The van der Waals surface area contributed by atoms with Crippen LogP contribution in [0.5, 0.6) is 11.5 Å². The van der Waals surface area contributed by atoms with E-state index in [1.165, 1.54) is 0 Å². The Kier molecular flexibility index (Phi) is 2.79. The molecule has 0 unspecified atom stereocenters. The molecule has 19 heavy (non-hydrogen) atoms. The number of rotatable bonds is 3. The minimum absolute atomic E-state index is 0.0670. The summed E-state index contributed by atoms with van der Waals surface area (Å²) in [5.41, 5.74) is 0.685. The van der Waals surface area contributed by atoms with Crippen molar-refractivity contribution in [2.75, 3.05) is 13.2 Å². The van der Waals surface area contributed by atoms with Crippen molar-refractivity contribution in [1.29, 1.82) is 0 Å². The normalized spacial score (nSPS) is 13.3. The van der Waals surface area contributed by atoms with Crippen LogP contribution in [0.4, 0.5) is 0 Å². The smallest absolute Gasteiger partial charge is 0.312 e. The third-order valence-electron chi connectivity index (χ3n) is 2.57. The topological polar surface area (TPSA) is 94.7 Å². The number of nitrogens with zero attached hydrogens (tertiary/aromatic N) is 2. The van der Waals surface area contributed by atoms with E-state index in [1.807, 2.05) is 0 Å². The predicted octanol–water partition coefficient (Wildman–Crippen LogP) is 1.13. The molecular weight excluding hydrogens is 252 g/mol. The van der Waals surface area contributed by atoms with Crippen molar-refractivity contribution in [3.8, 4) is 22.9 Å². The number of fused-ring (bicyclic) bond motifs is 1. The van der Waals surface area contributed by atoms with Gasteiger partial charge in [-0.3, -0.25) is 4.79 Å². The minimum atomic E-state index is -1.02. The van der Waals surface area contributed by atoms with Crippen molar-refractivity contribution in [3.63, 3.8) is 0 Å². The number of hydrogen-bond donors (Lipinski definition) is 1. The molecule has 0 atom stereocenters. The van der Waals surface area contributed by atoms with E-state index < -0.39 is 5.97 Å². The van der Waals surface area contributed by atoms with Gasteiger partial charge in [0.2, 0.25) is 11.7 Å². The highest BCUT2D eigenvalue weighted by atomic mass is 16.6. The fourth-order valence-corrected chi connectivity index (χ4v) is 1.76. The summed E-state index contributed by atoms with van der Waals surface area (Å²) in [5, 5.41) is 12.4. The van der Waals surface area contributed by atoms with Crippen LogP contribution in [0.1, 0.15) is 5.89 Å². The molecule has 0 bridgehead atoms. The summed E-state index contributed by atoms with van der Waals surface area (Å²) in [6, 6.07) is 5.27. The molecule has 7 nitrogen and oxygen atoms in total. The molecule has 1 N–H and O–H groups in total. The van der Waals surface area contributed by atoms with E-state index in [0.717, 1.165) is 0 Å². The fourth-order valence-electron chi connectivity index (χ4n) is 1.76. The van der Waals surface area contributed by atoms with Gasteiger partial charge >= 0.3 is 5.97 Å². The molecular formula is C12H10N2O5. The second-order valence-corrected chi connectivity index (χ2v) is 3.94. The van der Waals surface area contributed by atoms with Crippen LogP contribution in [-0.4, -0.2) is 34.4 Å². The average molecular weight is 262 g/mol. The van der Waals surface area contributed by atoms with Crippen molar-refractivity contribution in [3.05, 3.63) is 24.1 Å². The number of carboxylic acids is 1. The summed E-state index contributed by atoms with van der Waals surface area (Å²) in [5.74, 6) is 0.667. The summed E-state index contributed by atoms with van der Waals surface area (Å²) in [7, 11) is 0. The number of hydrogen-bond acceptors (Lipinski definition) is 6. The molecule has 0 radical (unpaired) electrons. The van der Waals surface area contributed by atoms with Gasteiger partial charge in [-0.1, -0.05) is 5.16 Å². The van der Waals surface area contributed by atoms with Crippen LogP contribution in [0.3, 0.4) is 0 Å². The van der Waals surface area contributed by atoms with Gasteiger partial charge in [0.15, 0.2) is 11.5 Å². The first-order valence-corrected chi connectivity index (χ1v) is 5.67. The van der Waals surface area contributed by atoms with Gasteiger partial charge in [-0.2, -0.15) is 4.98 Å². The van der Waals surface area contributed by atoms with Gasteiger partial charge in [-0.25, -0.2) is 0 Å². The van der Waals surface area contributed by atoms with Crippen molar-refractivity contribution in [1.82, 2.24) is 10.1 Å². The maximum atomic E-state index is 10.5. The van der Waals surface area contributed by atoms with Gasteiger partial charge in [0.1, 0.15) is 19.6 Å². The van der Waals surface area contributed by atoms with Crippen LogP contribution in [0.2, 0.25) is 0 Å². The van der Waals surface area contributed by atoms with Crippen LogP contribution in [0.15, 0.2) is 22.7 Å². The largest absolute Gasteiger partial charge is 0.486 e. The summed E-state index contributed by atoms with van der Waals surface area (Å²) >= 11 is 0. The molecule has 0 saturated heterocycles. The van der Waals surface area contributed by atoms with E-state index >= 15 is 0 Å². The molecule has 1 aliphatic rings. The van der Waals surface area contributed by atoms with Crippen LogP contribution < -0.4 is 9.47 Å². The molecule has 2 heterocycles. The second-order valence-electron chi connectivity index (χ2n) is 3.94. The zero-order chi connectivity index (χ0) is 13.2. The lowest BCUT2D eigenvalue weighted by Crippen LogP contribution is -2.15. The van der Waals surface area contributed by atoms with Gasteiger partial charge in [0.05, 0.1) is 0 Å². The number of aliphatic carboxylic acids is 1. The first-order chi connectivity index (χ1) is 9.22. The molecule has 3 rings (SSSR count). The van der Waals surface area contributed by atoms with Crippen molar-refractivity contribution >= 4 is 5.97 Å². The van der Waals surface area contributed by atoms with E-state index in [4.69, 9.17) is 19.1 Å². The van der Waals surface area contributed by atoms with Crippen molar-refractivity contribution < 1.29 is 23.9 Å². The standard InChI is InChI=1S/C12H10N2O5/c15-11(16)6-10-13-12(14-19-10)7-1-2-8-9(5-7)18-4-3-17-8/h1-2,5H,3-4,6H2,(H,15,16). The summed E-state index contributed by atoms with van der Waals surface area (Å²) < 4.78 is 15.7. The SMILES string of the molecule is O=C(O)Cc1nc(-c2ccc3c(c2)OCCO3)no1. The Bertz CT molecular complexity index is 622. The second kappa shape index (κ2) is 4.60. The lowest BCUT2D eigenvalue weighted by molar-refractivity contribution is -0.136. The zero-order valence-electron chi connectivity index (χ0n) is 9.83. The molecule has 7 heteroatoms. The first kappa shape index (κ1) is 11.5. The molecule has 0 aliphatic carbocycles. The van der Waals surface area contributed by atoms with E-state index in [1.54, 1.807) is 18.2 Å². The molecule has 0 fully saturated rings. The van der Waals surface area contributed by atoms with Gasteiger partial charge in [0.25, 0.3) is 0 Å². The summed E-state index contributed by atoms with van der Waals surface area (Å²) in [6.07, 6.45) is -0.294. The van der Waals surface area contributed by atoms with Crippen LogP contribution in [0, 0.1) is 0 Å². The van der Waals surface area contributed by atoms with E-state index in [2.05, 4.69) is 10.1 Å². The van der Waals surface area contributed by atoms with Gasteiger partial charge in [-0.05, 0) is 18.2 Å². The third-order valence-corrected chi connectivity index (χ3v) is 2.57. The Morgan fingerprint density at radius 2 is 2.05 bits per heavy atom. The third kappa shape index (κ3) is 2.35. The maximum absolute atomic E-state index is 10.5. The van der Waals surface area contributed by atoms with Crippen molar-refractivity contribution in [2.45, 2.75) is 6.42 Å². The van der Waals surface area contributed by atoms with Gasteiger partial charge < -0.3 is 19.1 Å². The summed E-state index contributed by atoms with van der Waals surface area (Å²) in [4.78, 5) is 14.6. The quantitative estimate of drug-likeness (QED) is 0.885. The highest BCUT2D eigenvalue weighted by Gasteiger charge is 2.16. The lowest BCUT2D eigenvalue weighted by atomic mass is 10.2. The molecule has 0 saturated carbocycles. The minimum Gasteiger partial charge on any atom is -0.486 e. The Hall–Kier alpha value is -2.57. The Morgan fingerprint density at radius 3 is 2.84 bits per heavy atom. The number of aromatic nitrogens is 2. The highest BCUT2D eigenvalue weighted by molar-refractivity contribution is 5.69. The number of ether oxygens (including phenoxy) is 2. The Balaban J connectivity index is 1.89. The molecule has 1 aromatic carbocycles. The van der Waals surface area contributed by atoms with Crippen molar-refractivity contribution in [2.24, 2.45) is 0 Å². The van der Waals surface area contributed by atoms with Crippen LogP contribution in [0.25, 0.3) is 11.4 Å². The summed E-state index contributed by atoms with van der Waals surface area (Å²) in [6.45, 7) is 1.02. The molecule has 1 aliphatic heterocycles. The Labute approximate surface area is 107 Å². The van der Waals surface area contributed by atoms with E-state index in [-0.39, 0.29) is 12.3 Å².